The van der Waals surface area contributed by atoms with Crippen molar-refractivity contribution in [3.8, 4) is 0 Å². The monoisotopic (exact) mass is 411 g/mol. The molecule has 2 fully saturated rings. The minimum absolute atomic E-state index is 0.0142. The molecule has 0 aliphatic carbocycles. The largest absolute Gasteiger partial charge is 0.464 e. The Morgan fingerprint density at radius 1 is 1.13 bits per heavy atom. The third kappa shape index (κ3) is 4.03. The standard InChI is InChI=1S/C22H25N3O5/c1-2-29-20(26)19-14-30-22(28)25(19)18-9-11-24(12-10-18)21(27)23-17-8-7-15-5-3-4-6-16(15)13-17/h3-8,13,18-19H,2,9-12,14H2,1H3,(H,23,27). The number of nitrogens with zero attached hydrogens (tertiary/aromatic N) is 2. The van der Waals surface area contributed by atoms with Crippen LogP contribution in [-0.4, -0.2) is 66.3 Å². The first-order chi connectivity index (χ1) is 14.6. The van der Waals surface area contributed by atoms with E-state index in [1.807, 2.05) is 42.5 Å². The van der Waals surface area contributed by atoms with Gasteiger partial charge in [0.15, 0.2) is 6.04 Å². The van der Waals surface area contributed by atoms with E-state index in [0.29, 0.717) is 25.9 Å². The van der Waals surface area contributed by atoms with E-state index in [0.717, 1.165) is 16.5 Å². The molecule has 2 aromatic carbocycles. The number of hydrogen-bond donors (Lipinski definition) is 1. The first-order valence-electron chi connectivity index (χ1n) is 10.2. The second-order valence-corrected chi connectivity index (χ2v) is 7.46. The number of likely N-dealkylation sites (tertiary alicyclic amines) is 1. The molecule has 8 heteroatoms. The predicted molar refractivity (Wildman–Crippen MR) is 111 cm³/mol. The molecule has 2 aliphatic heterocycles. The second-order valence-electron chi connectivity index (χ2n) is 7.46. The van der Waals surface area contributed by atoms with E-state index >= 15 is 0 Å². The molecule has 2 heterocycles. The number of carbonyl (C=O) groups is 3. The van der Waals surface area contributed by atoms with E-state index in [1.165, 1.54) is 4.90 Å². The lowest BCUT2D eigenvalue weighted by molar-refractivity contribution is -0.148. The number of urea groups is 1. The van der Waals surface area contributed by atoms with Crippen LogP contribution >= 0.6 is 0 Å². The van der Waals surface area contributed by atoms with Crippen molar-refractivity contribution in [3.63, 3.8) is 0 Å². The van der Waals surface area contributed by atoms with Crippen LogP contribution in [0.5, 0.6) is 0 Å². The SMILES string of the molecule is CCOC(=O)C1COC(=O)N1C1CCN(C(=O)Nc2ccc3ccccc3c2)CC1. The van der Waals surface area contributed by atoms with Gasteiger partial charge >= 0.3 is 18.1 Å². The fraction of sp³-hybridized carbons (Fsp3) is 0.409. The normalized spacial score (nSPS) is 19.6. The summed E-state index contributed by atoms with van der Waals surface area (Å²) < 4.78 is 10.1. The molecular weight excluding hydrogens is 386 g/mol. The van der Waals surface area contributed by atoms with Crippen molar-refractivity contribution in [1.82, 2.24) is 9.80 Å². The third-order valence-electron chi connectivity index (χ3n) is 5.62. The number of rotatable bonds is 4. The van der Waals surface area contributed by atoms with Crippen LogP contribution < -0.4 is 5.32 Å². The first-order valence-corrected chi connectivity index (χ1v) is 10.2. The Morgan fingerprint density at radius 2 is 1.87 bits per heavy atom. The van der Waals surface area contributed by atoms with Crippen molar-refractivity contribution in [3.05, 3.63) is 42.5 Å². The van der Waals surface area contributed by atoms with Crippen LogP contribution in [0.15, 0.2) is 42.5 Å². The van der Waals surface area contributed by atoms with Crippen LogP contribution in [0.3, 0.4) is 0 Å². The fourth-order valence-corrected chi connectivity index (χ4v) is 4.07. The second kappa shape index (κ2) is 8.61. The van der Waals surface area contributed by atoms with Gasteiger partial charge in [0.1, 0.15) is 6.61 Å². The molecule has 0 spiro atoms. The van der Waals surface area contributed by atoms with Gasteiger partial charge in [0.05, 0.1) is 6.61 Å². The molecule has 4 rings (SSSR count). The Hall–Kier alpha value is -3.29. The number of esters is 1. The maximum atomic E-state index is 12.7. The summed E-state index contributed by atoms with van der Waals surface area (Å²) in [6.45, 7) is 2.98. The molecular formula is C22H25N3O5. The van der Waals surface area contributed by atoms with Gasteiger partial charge < -0.3 is 19.7 Å². The maximum Gasteiger partial charge on any atom is 0.410 e. The fourth-order valence-electron chi connectivity index (χ4n) is 4.07. The van der Waals surface area contributed by atoms with Crippen LogP contribution in [0.2, 0.25) is 0 Å². The van der Waals surface area contributed by atoms with E-state index < -0.39 is 18.1 Å². The molecule has 2 aromatic rings. The number of piperidine rings is 1. The Kier molecular flexibility index (Phi) is 5.74. The summed E-state index contributed by atoms with van der Waals surface area (Å²) in [6.07, 6.45) is 0.666. The number of anilines is 1. The number of fused-ring (bicyclic) bond motifs is 1. The molecule has 158 valence electrons. The van der Waals surface area contributed by atoms with E-state index in [4.69, 9.17) is 9.47 Å². The number of benzene rings is 2. The summed E-state index contributed by atoms with van der Waals surface area (Å²) in [7, 11) is 0. The molecule has 2 saturated heterocycles. The number of nitrogens with one attached hydrogen (secondary N) is 1. The molecule has 0 radical (unpaired) electrons. The first kappa shape index (κ1) is 20.0. The van der Waals surface area contributed by atoms with Crippen molar-refractivity contribution in [2.24, 2.45) is 0 Å². The van der Waals surface area contributed by atoms with Gasteiger partial charge in [-0.25, -0.2) is 14.4 Å². The minimum atomic E-state index is -0.708. The van der Waals surface area contributed by atoms with Crippen molar-refractivity contribution in [1.29, 1.82) is 0 Å². The van der Waals surface area contributed by atoms with E-state index in [2.05, 4.69) is 5.32 Å². The summed E-state index contributed by atoms with van der Waals surface area (Å²) in [5.41, 5.74) is 0.742. The van der Waals surface area contributed by atoms with Crippen molar-refractivity contribution < 1.29 is 23.9 Å². The summed E-state index contributed by atoms with van der Waals surface area (Å²) >= 11 is 0. The highest BCUT2D eigenvalue weighted by Crippen LogP contribution is 2.25. The Balaban J connectivity index is 1.35. The number of hydrogen-bond acceptors (Lipinski definition) is 5. The van der Waals surface area contributed by atoms with Gasteiger partial charge in [-0.1, -0.05) is 30.3 Å². The van der Waals surface area contributed by atoms with E-state index in [9.17, 15) is 14.4 Å². The minimum Gasteiger partial charge on any atom is -0.464 e. The highest BCUT2D eigenvalue weighted by molar-refractivity contribution is 5.93. The molecule has 1 atom stereocenters. The zero-order valence-corrected chi connectivity index (χ0v) is 16.9. The van der Waals surface area contributed by atoms with E-state index in [-0.39, 0.29) is 25.3 Å². The van der Waals surface area contributed by atoms with Crippen molar-refractivity contribution >= 4 is 34.6 Å². The average molecular weight is 411 g/mol. The van der Waals surface area contributed by atoms with Gasteiger partial charge in [0.25, 0.3) is 0 Å². The zero-order valence-electron chi connectivity index (χ0n) is 16.9. The third-order valence-corrected chi connectivity index (χ3v) is 5.62. The molecule has 8 nitrogen and oxygen atoms in total. The maximum absolute atomic E-state index is 12.7. The van der Waals surface area contributed by atoms with Gasteiger partial charge in [-0.2, -0.15) is 0 Å². The molecule has 0 bridgehead atoms. The van der Waals surface area contributed by atoms with Gasteiger partial charge in [0, 0.05) is 24.8 Å². The number of amides is 3. The molecule has 2 aliphatic rings. The van der Waals surface area contributed by atoms with Crippen LogP contribution in [0.4, 0.5) is 15.3 Å². The van der Waals surface area contributed by atoms with Crippen LogP contribution in [-0.2, 0) is 14.3 Å². The predicted octanol–water partition coefficient (Wildman–Crippen LogP) is 3.22. The van der Waals surface area contributed by atoms with Crippen molar-refractivity contribution in [2.75, 3.05) is 31.6 Å². The average Bonchev–Trinajstić information content (AvgIpc) is 3.15. The molecule has 30 heavy (non-hydrogen) atoms. The quantitative estimate of drug-likeness (QED) is 0.781. The van der Waals surface area contributed by atoms with Gasteiger partial charge in [0.2, 0.25) is 0 Å². The summed E-state index contributed by atoms with van der Waals surface area (Å²) in [5.74, 6) is -0.445. The number of carbonyl (C=O) groups excluding carboxylic acids is 3. The highest BCUT2D eigenvalue weighted by atomic mass is 16.6. The summed E-state index contributed by atoms with van der Waals surface area (Å²) in [6, 6.07) is 12.8. The topological polar surface area (TPSA) is 88.2 Å². The molecule has 0 saturated carbocycles. The van der Waals surface area contributed by atoms with Crippen LogP contribution in [0.1, 0.15) is 19.8 Å². The lowest BCUT2D eigenvalue weighted by Crippen LogP contribution is -2.52. The Bertz CT molecular complexity index is 955. The van der Waals surface area contributed by atoms with Crippen molar-refractivity contribution in [2.45, 2.75) is 31.8 Å². The summed E-state index contributed by atoms with van der Waals surface area (Å²) in [4.78, 5) is 40.2. The van der Waals surface area contributed by atoms with Gasteiger partial charge in [-0.3, -0.25) is 4.90 Å². The Morgan fingerprint density at radius 3 is 2.60 bits per heavy atom. The number of cyclic esters (lactones) is 1. The lowest BCUT2D eigenvalue weighted by Gasteiger charge is -2.37. The molecule has 3 amide bonds. The van der Waals surface area contributed by atoms with Crippen LogP contribution in [0, 0.1) is 0 Å². The lowest BCUT2D eigenvalue weighted by atomic mass is 10.0. The molecule has 1 unspecified atom stereocenters. The Labute approximate surface area is 174 Å². The van der Waals surface area contributed by atoms with Crippen LogP contribution in [0.25, 0.3) is 10.8 Å². The highest BCUT2D eigenvalue weighted by Gasteiger charge is 2.44. The van der Waals surface area contributed by atoms with Gasteiger partial charge in [-0.15, -0.1) is 0 Å². The smallest absolute Gasteiger partial charge is 0.410 e. The molecule has 1 N–H and O–H groups in total. The zero-order chi connectivity index (χ0) is 21.1. The molecule has 0 aromatic heterocycles. The summed E-state index contributed by atoms with van der Waals surface area (Å²) in [5, 5.41) is 5.13. The van der Waals surface area contributed by atoms with E-state index in [1.54, 1.807) is 11.8 Å². The van der Waals surface area contributed by atoms with Gasteiger partial charge in [-0.05, 0) is 42.7 Å². The number of ether oxygens (including phenoxy) is 2.